The molecule has 5 nitrogen and oxygen atoms in total. The van der Waals surface area contributed by atoms with Gasteiger partial charge in [0.25, 0.3) is 11.1 Å². The van der Waals surface area contributed by atoms with Crippen LogP contribution in [0.2, 0.25) is 0 Å². The molecular weight excluding hydrogens is 288 g/mol. The molecule has 21 heavy (non-hydrogen) atoms. The van der Waals surface area contributed by atoms with E-state index in [1.165, 1.54) is 11.3 Å². The predicted octanol–water partition coefficient (Wildman–Crippen LogP) is 2.12. The SMILES string of the molecule is Cc1cccc(OCC(=O)N2CC(Oc3nccs3)C2)c1. The van der Waals surface area contributed by atoms with Crippen LogP contribution in [0.5, 0.6) is 10.9 Å². The van der Waals surface area contributed by atoms with Crippen molar-refractivity contribution in [2.75, 3.05) is 19.7 Å². The van der Waals surface area contributed by atoms with Gasteiger partial charge in [-0.1, -0.05) is 23.5 Å². The van der Waals surface area contributed by atoms with E-state index in [4.69, 9.17) is 9.47 Å². The molecule has 1 aliphatic rings. The zero-order chi connectivity index (χ0) is 14.7. The molecule has 2 aromatic rings. The van der Waals surface area contributed by atoms with Crippen LogP contribution in [0.1, 0.15) is 5.56 Å². The van der Waals surface area contributed by atoms with Crippen LogP contribution in [0.4, 0.5) is 0 Å². The highest BCUT2D eigenvalue weighted by Crippen LogP contribution is 2.20. The van der Waals surface area contributed by atoms with Crippen molar-refractivity contribution in [2.24, 2.45) is 0 Å². The number of hydrogen-bond acceptors (Lipinski definition) is 5. The second kappa shape index (κ2) is 6.13. The minimum absolute atomic E-state index is 0.0181. The third kappa shape index (κ3) is 3.52. The zero-order valence-corrected chi connectivity index (χ0v) is 12.5. The summed E-state index contributed by atoms with van der Waals surface area (Å²) in [5, 5.41) is 2.52. The normalized spacial score (nSPS) is 14.6. The maximum atomic E-state index is 12.0. The van der Waals surface area contributed by atoms with Gasteiger partial charge in [0, 0.05) is 11.6 Å². The van der Waals surface area contributed by atoms with Crippen molar-refractivity contribution in [3.63, 3.8) is 0 Å². The van der Waals surface area contributed by atoms with E-state index >= 15 is 0 Å². The summed E-state index contributed by atoms with van der Waals surface area (Å²) in [6, 6.07) is 7.67. The molecule has 0 unspecified atom stereocenters. The molecule has 0 bridgehead atoms. The van der Waals surface area contributed by atoms with Gasteiger partial charge in [0.1, 0.15) is 11.9 Å². The van der Waals surface area contributed by atoms with Crippen LogP contribution in [0, 0.1) is 6.92 Å². The Balaban J connectivity index is 1.41. The third-order valence-electron chi connectivity index (χ3n) is 3.23. The van der Waals surface area contributed by atoms with Gasteiger partial charge in [0.2, 0.25) is 0 Å². The average molecular weight is 304 g/mol. The number of amides is 1. The molecule has 0 N–H and O–H groups in total. The molecule has 1 aliphatic heterocycles. The van der Waals surface area contributed by atoms with Gasteiger partial charge in [-0.25, -0.2) is 4.98 Å². The van der Waals surface area contributed by atoms with E-state index in [0.29, 0.717) is 18.3 Å². The molecular formula is C15H16N2O3S. The molecule has 1 aromatic heterocycles. The number of aromatic nitrogens is 1. The van der Waals surface area contributed by atoms with E-state index in [2.05, 4.69) is 4.98 Å². The van der Waals surface area contributed by atoms with Gasteiger partial charge in [-0.2, -0.15) is 0 Å². The predicted molar refractivity (Wildman–Crippen MR) is 79.8 cm³/mol. The van der Waals surface area contributed by atoms with Crippen LogP contribution < -0.4 is 9.47 Å². The fourth-order valence-electron chi connectivity index (χ4n) is 2.07. The van der Waals surface area contributed by atoms with Gasteiger partial charge in [-0.3, -0.25) is 4.79 Å². The number of carbonyl (C=O) groups is 1. The maximum Gasteiger partial charge on any atom is 0.273 e. The van der Waals surface area contributed by atoms with E-state index in [0.717, 1.165) is 11.3 Å². The highest BCUT2D eigenvalue weighted by atomic mass is 32.1. The first kappa shape index (κ1) is 13.9. The lowest BCUT2D eigenvalue weighted by molar-refractivity contribution is -0.142. The van der Waals surface area contributed by atoms with Crippen molar-refractivity contribution in [1.29, 1.82) is 0 Å². The van der Waals surface area contributed by atoms with E-state index in [1.807, 2.05) is 36.6 Å². The number of likely N-dealkylation sites (tertiary alicyclic amines) is 1. The van der Waals surface area contributed by atoms with Crippen LogP contribution in [0.3, 0.4) is 0 Å². The second-order valence-corrected chi connectivity index (χ2v) is 5.80. The highest BCUT2D eigenvalue weighted by Gasteiger charge is 2.32. The maximum absolute atomic E-state index is 12.0. The van der Waals surface area contributed by atoms with Crippen molar-refractivity contribution in [3.05, 3.63) is 41.4 Å². The number of aryl methyl sites for hydroxylation is 1. The Hall–Kier alpha value is -2.08. The highest BCUT2D eigenvalue weighted by molar-refractivity contribution is 7.11. The molecule has 6 heteroatoms. The van der Waals surface area contributed by atoms with Gasteiger partial charge in [-0.05, 0) is 24.6 Å². The molecule has 0 spiro atoms. The van der Waals surface area contributed by atoms with Crippen molar-refractivity contribution in [2.45, 2.75) is 13.0 Å². The quantitative estimate of drug-likeness (QED) is 0.849. The zero-order valence-electron chi connectivity index (χ0n) is 11.7. The second-order valence-electron chi connectivity index (χ2n) is 4.94. The first-order valence-electron chi connectivity index (χ1n) is 6.74. The number of nitrogens with zero attached hydrogens (tertiary/aromatic N) is 2. The Bertz CT molecular complexity index is 609. The summed E-state index contributed by atoms with van der Waals surface area (Å²) in [4.78, 5) is 17.8. The average Bonchev–Trinajstić information content (AvgIpc) is 2.93. The number of benzene rings is 1. The Labute approximate surface area is 127 Å². The molecule has 0 saturated carbocycles. The van der Waals surface area contributed by atoms with Gasteiger partial charge >= 0.3 is 0 Å². The van der Waals surface area contributed by atoms with E-state index < -0.39 is 0 Å². The van der Waals surface area contributed by atoms with Crippen molar-refractivity contribution in [1.82, 2.24) is 9.88 Å². The van der Waals surface area contributed by atoms with Gasteiger partial charge < -0.3 is 14.4 Å². The summed E-state index contributed by atoms with van der Waals surface area (Å²) < 4.78 is 11.1. The lowest BCUT2D eigenvalue weighted by Crippen LogP contribution is -2.57. The van der Waals surface area contributed by atoms with Gasteiger partial charge in [0.05, 0.1) is 13.1 Å². The minimum atomic E-state index is -0.0181. The summed E-state index contributed by atoms with van der Waals surface area (Å²) in [7, 11) is 0. The fraction of sp³-hybridized carbons (Fsp3) is 0.333. The largest absolute Gasteiger partial charge is 0.484 e. The molecule has 2 heterocycles. The lowest BCUT2D eigenvalue weighted by atomic mass is 10.1. The molecule has 0 aliphatic carbocycles. The van der Waals surface area contributed by atoms with Gasteiger partial charge in [-0.15, -0.1) is 0 Å². The Morgan fingerprint density at radius 3 is 3.05 bits per heavy atom. The topological polar surface area (TPSA) is 51.7 Å². The molecule has 0 atom stereocenters. The third-order valence-corrected chi connectivity index (χ3v) is 3.89. The standard InChI is InChI=1S/C15H16N2O3S/c1-11-3-2-4-12(7-11)19-10-14(18)17-8-13(9-17)20-15-16-5-6-21-15/h2-7,13H,8-10H2,1H3. The Morgan fingerprint density at radius 2 is 2.33 bits per heavy atom. The molecule has 3 rings (SSSR count). The molecule has 0 radical (unpaired) electrons. The number of carbonyl (C=O) groups excluding carboxylic acids is 1. The first-order chi connectivity index (χ1) is 10.2. The van der Waals surface area contributed by atoms with Crippen LogP contribution in [0.15, 0.2) is 35.8 Å². The number of rotatable bonds is 5. The monoisotopic (exact) mass is 304 g/mol. The Kier molecular flexibility index (Phi) is 4.06. The molecule has 1 aromatic carbocycles. The fourth-order valence-corrected chi connectivity index (χ4v) is 2.62. The Morgan fingerprint density at radius 1 is 1.48 bits per heavy atom. The minimum Gasteiger partial charge on any atom is -0.484 e. The van der Waals surface area contributed by atoms with Crippen molar-refractivity contribution in [3.8, 4) is 10.9 Å². The first-order valence-corrected chi connectivity index (χ1v) is 7.62. The van der Waals surface area contributed by atoms with Crippen LogP contribution in [-0.4, -0.2) is 41.6 Å². The summed E-state index contributed by atoms with van der Waals surface area (Å²) in [6.45, 7) is 3.24. The van der Waals surface area contributed by atoms with Crippen molar-refractivity contribution >= 4 is 17.2 Å². The lowest BCUT2D eigenvalue weighted by Gasteiger charge is -2.38. The number of thiazole rings is 1. The van der Waals surface area contributed by atoms with E-state index in [1.54, 1.807) is 11.1 Å². The molecule has 1 fully saturated rings. The van der Waals surface area contributed by atoms with Crippen LogP contribution >= 0.6 is 11.3 Å². The van der Waals surface area contributed by atoms with Crippen molar-refractivity contribution < 1.29 is 14.3 Å². The summed E-state index contributed by atoms with van der Waals surface area (Å²) in [6.07, 6.45) is 1.75. The van der Waals surface area contributed by atoms with E-state index in [9.17, 15) is 4.79 Å². The molecule has 1 saturated heterocycles. The summed E-state index contributed by atoms with van der Waals surface area (Å²) >= 11 is 1.46. The number of hydrogen-bond donors (Lipinski definition) is 0. The smallest absolute Gasteiger partial charge is 0.273 e. The van der Waals surface area contributed by atoms with E-state index in [-0.39, 0.29) is 18.6 Å². The number of ether oxygens (including phenoxy) is 2. The molecule has 110 valence electrons. The summed E-state index contributed by atoms with van der Waals surface area (Å²) in [5.41, 5.74) is 1.11. The summed E-state index contributed by atoms with van der Waals surface area (Å²) in [5.74, 6) is 0.704. The van der Waals surface area contributed by atoms with Crippen LogP contribution in [-0.2, 0) is 4.79 Å². The van der Waals surface area contributed by atoms with Gasteiger partial charge in [0.15, 0.2) is 6.61 Å². The van der Waals surface area contributed by atoms with Crippen LogP contribution in [0.25, 0.3) is 0 Å². The molecule has 1 amide bonds.